The fourth-order valence-electron chi connectivity index (χ4n) is 4.01. The molecule has 2 N–H and O–H groups in total. The molecule has 0 bridgehead atoms. The molecule has 1 unspecified atom stereocenters. The van der Waals surface area contributed by atoms with Crippen LogP contribution in [0.4, 0.5) is 4.79 Å². The summed E-state index contributed by atoms with van der Waals surface area (Å²) in [6, 6.07) is 0. The first-order valence-corrected chi connectivity index (χ1v) is 17.7. The van der Waals surface area contributed by atoms with Crippen molar-refractivity contribution in [3.05, 3.63) is 12.2 Å². The molecule has 0 aliphatic carbocycles. The Hall–Kier alpha value is -0.960. The van der Waals surface area contributed by atoms with E-state index in [1.54, 1.807) is 41.5 Å². The molecule has 0 saturated heterocycles. The normalized spacial score (nSPS) is 14.7. The van der Waals surface area contributed by atoms with Crippen LogP contribution >= 0.6 is 7.82 Å². The van der Waals surface area contributed by atoms with E-state index in [-0.39, 0.29) is 26.4 Å². The van der Waals surface area contributed by atoms with Gasteiger partial charge < -0.3 is 19.9 Å². The zero-order chi connectivity index (χ0) is 31.7. The molecule has 0 saturated carbocycles. The topological polar surface area (TPSA) is 113 Å². The van der Waals surface area contributed by atoms with Crippen LogP contribution in [0.1, 0.15) is 138 Å². The zero-order valence-corrected chi connectivity index (χ0v) is 28.8. The van der Waals surface area contributed by atoms with Crippen LogP contribution in [-0.2, 0) is 27.6 Å². The third-order valence-corrected chi connectivity index (χ3v) is 7.73. The van der Waals surface area contributed by atoms with E-state index in [0.717, 1.165) is 6.42 Å². The lowest BCUT2D eigenvalue weighted by Crippen LogP contribution is -2.34. The maximum Gasteiger partial charge on any atom is 0.475 e. The molecule has 10 heteroatoms. The predicted octanol–water partition coefficient (Wildman–Crippen LogP) is 8.88. The number of ether oxygens (including phenoxy) is 2. The highest BCUT2D eigenvalue weighted by Crippen LogP contribution is 2.52. The van der Waals surface area contributed by atoms with E-state index in [4.69, 9.17) is 23.0 Å². The number of rotatable bonds is 26. The number of phosphoric acid groups is 1. The number of allylic oxidation sites excluding steroid dienone is 1. The van der Waals surface area contributed by atoms with Gasteiger partial charge in [0.25, 0.3) is 0 Å². The summed E-state index contributed by atoms with van der Waals surface area (Å²) >= 11 is 0. The maximum absolute atomic E-state index is 13.1. The van der Waals surface area contributed by atoms with Gasteiger partial charge in [-0.25, -0.2) is 9.36 Å². The lowest BCUT2D eigenvalue weighted by atomic mass is 10.0. The summed E-state index contributed by atoms with van der Waals surface area (Å²) in [5.74, 6) is 0. The summed E-state index contributed by atoms with van der Waals surface area (Å²) in [6.07, 6.45) is 21.0. The van der Waals surface area contributed by atoms with Gasteiger partial charge in [0, 0.05) is 6.54 Å². The van der Waals surface area contributed by atoms with Gasteiger partial charge in [0.05, 0.1) is 32.0 Å². The van der Waals surface area contributed by atoms with Crippen LogP contribution in [0.3, 0.4) is 0 Å². The molecule has 0 aliphatic heterocycles. The molecule has 0 spiro atoms. The fraction of sp³-hybridized carbons (Fsp3) is 0.906. The van der Waals surface area contributed by atoms with Crippen molar-refractivity contribution in [3.8, 4) is 0 Å². The molecular formula is C32H64NO8P. The summed E-state index contributed by atoms with van der Waals surface area (Å²) in [5.41, 5.74) is -1.44. The van der Waals surface area contributed by atoms with Crippen LogP contribution in [-0.4, -0.2) is 61.5 Å². The van der Waals surface area contributed by atoms with Gasteiger partial charge in [-0.15, -0.1) is 0 Å². The van der Waals surface area contributed by atoms with Gasteiger partial charge in [-0.1, -0.05) is 96.1 Å². The fourth-order valence-corrected chi connectivity index (χ4v) is 5.53. The van der Waals surface area contributed by atoms with Gasteiger partial charge in [0.15, 0.2) is 0 Å². The lowest BCUT2D eigenvalue weighted by molar-refractivity contribution is -0.00705. The summed E-state index contributed by atoms with van der Waals surface area (Å²) in [5, 5.41) is 12.7. The number of aliphatic hydroxyl groups is 1. The Morgan fingerprint density at radius 3 is 1.86 bits per heavy atom. The largest absolute Gasteiger partial charge is 0.475 e. The Bertz CT molecular complexity index is 733. The SMILES string of the molecule is CCCCCCCCCCCCCCC/C=C/COC[C@H](O)COP(=O)(OCCNC(=O)OC(C)(C)C)OC(C)(C)C. The number of carbonyl (C=O) groups is 1. The molecule has 0 aromatic heterocycles. The third-order valence-electron chi connectivity index (χ3n) is 6.00. The van der Waals surface area contributed by atoms with Gasteiger partial charge in [0.1, 0.15) is 11.7 Å². The van der Waals surface area contributed by atoms with Crippen LogP contribution in [0.2, 0.25) is 0 Å². The van der Waals surface area contributed by atoms with Crippen molar-refractivity contribution in [2.45, 2.75) is 156 Å². The second-order valence-corrected chi connectivity index (χ2v) is 14.5. The molecule has 250 valence electrons. The van der Waals surface area contributed by atoms with Crippen molar-refractivity contribution in [1.29, 1.82) is 0 Å². The molecule has 9 nitrogen and oxygen atoms in total. The highest BCUT2D eigenvalue weighted by molar-refractivity contribution is 7.48. The first kappa shape index (κ1) is 41.0. The maximum atomic E-state index is 13.1. The highest BCUT2D eigenvalue weighted by Gasteiger charge is 2.33. The highest BCUT2D eigenvalue weighted by atomic mass is 31.2. The monoisotopic (exact) mass is 621 g/mol. The molecule has 42 heavy (non-hydrogen) atoms. The minimum atomic E-state index is -4.00. The zero-order valence-electron chi connectivity index (χ0n) is 27.9. The van der Waals surface area contributed by atoms with Gasteiger partial charge in [-0.05, 0) is 54.4 Å². The molecule has 0 heterocycles. The molecule has 0 fully saturated rings. The summed E-state index contributed by atoms with van der Waals surface area (Å²) < 4.78 is 40.0. The summed E-state index contributed by atoms with van der Waals surface area (Å²) in [6.45, 7) is 12.8. The Labute approximate surface area is 257 Å². The van der Waals surface area contributed by atoms with Crippen molar-refractivity contribution in [3.63, 3.8) is 0 Å². The molecule has 0 rings (SSSR count). The number of nitrogens with one attached hydrogen (secondary N) is 1. The van der Waals surface area contributed by atoms with Gasteiger partial charge in [-0.3, -0.25) is 13.6 Å². The summed E-state index contributed by atoms with van der Waals surface area (Å²) in [7, 11) is -4.00. The van der Waals surface area contributed by atoms with E-state index in [1.807, 2.05) is 6.08 Å². The molecule has 0 aromatic carbocycles. The average Bonchev–Trinajstić information content (AvgIpc) is 2.87. The van der Waals surface area contributed by atoms with E-state index < -0.39 is 31.2 Å². The Morgan fingerprint density at radius 1 is 0.786 bits per heavy atom. The number of hydrogen-bond acceptors (Lipinski definition) is 8. The van der Waals surface area contributed by atoms with Crippen LogP contribution in [0.15, 0.2) is 12.2 Å². The van der Waals surface area contributed by atoms with Crippen molar-refractivity contribution in [1.82, 2.24) is 5.32 Å². The van der Waals surface area contributed by atoms with E-state index >= 15 is 0 Å². The quantitative estimate of drug-likeness (QED) is 0.0559. The molecular weight excluding hydrogens is 557 g/mol. The minimum absolute atomic E-state index is 0.0266. The second-order valence-electron chi connectivity index (χ2n) is 12.9. The molecule has 1 amide bonds. The van der Waals surface area contributed by atoms with Crippen LogP contribution in [0.5, 0.6) is 0 Å². The predicted molar refractivity (Wildman–Crippen MR) is 171 cm³/mol. The Balaban J connectivity index is 3.97. The molecule has 2 atom stereocenters. The van der Waals surface area contributed by atoms with E-state index in [2.05, 4.69) is 18.3 Å². The number of phosphoric ester groups is 1. The van der Waals surface area contributed by atoms with E-state index in [0.29, 0.717) is 6.61 Å². The van der Waals surface area contributed by atoms with Crippen molar-refractivity contribution < 1.29 is 37.5 Å². The van der Waals surface area contributed by atoms with Crippen molar-refractivity contribution in [2.24, 2.45) is 0 Å². The van der Waals surface area contributed by atoms with Gasteiger partial charge in [-0.2, -0.15) is 0 Å². The number of carbonyl (C=O) groups excluding carboxylic acids is 1. The first-order valence-electron chi connectivity index (χ1n) is 16.2. The van der Waals surface area contributed by atoms with Gasteiger partial charge >= 0.3 is 13.9 Å². The number of unbranched alkanes of at least 4 members (excludes halogenated alkanes) is 13. The smallest absolute Gasteiger partial charge is 0.444 e. The number of aliphatic hydroxyl groups excluding tert-OH is 1. The average molecular weight is 622 g/mol. The Morgan fingerprint density at radius 2 is 1.33 bits per heavy atom. The minimum Gasteiger partial charge on any atom is -0.444 e. The molecule has 0 aromatic rings. The van der Waals surface area contributed by atoms with Crippen LogP contribution < -0.4 is 5.32 Å². The van der Waals surface area contributed by atoms with Crippen molar-refractivity contribution >= 4 is 13.9 Å². The molecule has 0 aliphatic rings. The first-order chi connectivity index (χ1) is 19.8. The third kappa shape index (κ3) is 29.1. The van der Waals surface area contributed by atoms with Crippen LogP contribution in [0, 0.1) is 0 Å². The number of amides is 1. The molecule has 0 radical (unpaired) electrons. The van der Waals surface area contributed by atoms with Gasteiger partial charge in [0.2, 0.25) is 0 Å². The number of alkyl carbamates (subject to hydrolysis) is 1. The standard InChI is InChI=1S/C32H64NO8P/c1-8-9-10-11-12-13-14-15-16-17-18-19-20-21-22-23-25-37-27-29(34)28-39-42(36,41-32(5,6)7)38-26-24-33-30(35)40-31(2,3)4/h22-23,29,34H,8-21,24-28H2,1-7H3,(H,33,35)/b23-22+/t29-,42?/m0/s1. The van der Waals surface area contributed by atoms with Crippen LogP contribution in [0.25, 0.3) is 0 Å². The van der Waals surface area contributed by atoms with E-state index in [9.17, 15) is 14.5 Å². The Kier molecular flexibility index (Phi) is 23.8. The lowest BCUT2D eigenvalue weighted by Gasteiger charge is -2.27. The van der Waals surface area contributed by atoms with Crippen molar-refractivity contribution in [2.75, 3.05) is 33.0 Å². The summed E-state index contributed by atoms with van der Waals surface area (Å²) in [4.78, 5) is 11.8. The second kappa shape index (κ2) is 24.4. The number of hydrogen-bond donors (Lipinski definition) is 2. The van der Waals surface area contributed by atoms with E-state index in [1.165, 1.54) is 83.5 Å².